The van der Waals surface area contributed by atoms with Gasteiger partial charge in [-0.2, -0.15) is 0 Å². The molecule has 49 heavy (non-hydrogen) atoms. The second kappa shape index (κ2) is 12.0. The number of methoxy groups -OCH3 is 1. The highest BCUT2D eigenvalue weighted by Gasteiger charge is 2.30. The van der Waals surface area contributed by atoms with E-state index in [0.717, 1.165) is 28.6 Å². The van der Waals surface area contributed by atoms with Crippen molar-refractivity contribution in [3.8, 4) is 22.9 Å². The Morgan fingerprint density at radius 2 is 1.16 bits per heavy atom. The van der Waals surface area contributed by atoms with Gasteiger partial charge in [-0.25, -0.2) is 4.79 Å². The van der Waals surface area contributed by atoms with Gasteiger partial charge in [-0.15, -0.1) is 30.0 Å². The Labute approximate surface area is 286 Å². The van der Waals surface area contributed by atoms with Crippen molar-refractivity contribution in [3.05, 3.63) is 94.5 Å². The van der Waals surface area contributed by atoms with Crippen LogP contribution in [0.25, 0.3) is 33.4 Å². The topological polar surface area (TPSA) is 128 Å². The van der Waals surface area contributed by atoms with Crippen molar-refractivity contribution in [2.24, 2.45) is 5.41 Å². The number of nitrogens with zero attached hydrogens (tertiary/aromatic N) is 6. The number of ether oxygens (including phenoxy) is 1. The Balaban J connectivity index is 1.53. The van der Waals surface area contributed by atoms with Crippen LogP contribution in [0.1, 0.15) is 94.4 Å². The van der Waals surface area contributed by atoms with E-state index in [-0.39, 0.29) is 34.2 Å². The lowest BCUT2D eigenvalue weighted by molar-refractivity contribution is 0.0601. The van der Waals surface area contributed by atoms with Crippen LogP contribution in [-0.2, 0) is 22.0 Å². The highest BCUT2D eigenvalue weighted by molar-refractivity contribution is 5.93. The maximum absolute atomic E-state index is 12.2. The van der Waals surface area contributed by atoms with Crippen molar-refractivity contribution >= 4 is 28.0 Å². The van der Waals surface area contributed by atoms with E-state index in [1.807, 2.05) is 48.5 Å². The number of phenols is 2. The molecule has 0 radical (unpaired) electrons. The van der Waals surface area contributed by atoms with E-state index in [1.165, 1.54) is 16.7 Å². The van der Waals surface area contributed by atoms with Crippen molar-refractivity contribution in [1.29, 1.82) is 0 Å². The first-order chi connectivity index (χ1) is 22.9. The summed E-state index contributed by atoms with van der Waals surface area (Å²) in [6.45, 7) is 17.4. The van der Waals surface area contributed by atoms with Gasteiger partial charge in [0.1, 0.15) is 44.9 Å². The van der Waals surface area contributed by atoms with Crippen LogP contribution in [0.4, 0.5) is 0 Å². The molecule has 0 aliphatic rings. The largest absolute Gasteiger partial charge is 0.505 e. The van der Waals surface area contributed by atoms with Gasteiger partial charge in [-0.3, -0.25) is 0 Å². The van der Waals surface area contributed by atoms with E-state index >= 15 is 0 Å². The number of carbonyl (C=O) groups excluding carboxylic acids is 1. The van der Waals surface area contributed by atoms with Gasteiger partial charge in [-0.1, -0.05) is 79.7 Å². The molecule has 254 valence electrons. The summed E-state index contributed by atoms with van der Waals surface area (Å²) in [5.41, 5.74) is 6.41. The predicted octanol–water partition coefficient (Wildman–Crippen LogP) is 7.95. The van der Waals surface area contributed by atoms with E-state index in [2.05, 4.69) is 75.8 Å². The summed E-state index contributed by atoms with van der Waals surface area (Å²) >= 11 is 0. The Hall–Kier alpha value is -5.25. The van der Waals surface area contributed by atoms with Gasteiger partial charge in [0.15, 0.2) is 0 Å². The summed E-state index contributed by atoms with van der Waals surface area (Å²) in [4.78, 5) is 15.1. The molecule has 6 rings (SSSR count). The minimum atomic E-state index is -0.470. The smallest absolute Gasteiger partial charge is 0.337 e. The fraction of sp³-hybridized carbons (Fsp3) is 0.359. The van der Waals surface area contributed by atoms with Crippen molar-refractivity contribution in [2.45, 2.75) is 79.1 Å². The van der Waals surface area contributed by atoms with E-state index in [4.69, 9.17) is 4.74 Å². The minimum absolute atomic E-state index is 0.00568. The molecule has 0 fully saturated rings. The molecule has 4 aromatic carbocycles. The molecule has 0 saturated carbocycles. The number of aromatic hydroxyl groups is 2. The summed E-state index contributed by atoms with van der Waals surface area (Å²) < 4.78 is 4.89. The Morgan fingerprint density at radius 1 is 0.673 bits per heavy atom. The zero-order valence-electron chi connectivity index (χ0n) is 29.7. The molecule has 2 N–H and O–H groups in total. The number of benzene rings is 4. The molecule has 0 atom stereocenters. The lowest BCUT2D eigenvalue weighted by atomic mass is 9.72. The van der Waals surface area contributed by atoms with Crippen LogP contribution >= 0.6 is 0 Å². The Kier molecular flexibility index (Phi) is 8.25. The van der Waals surface area contributed by atoms with Crippen LogP contribution in [0.5, 0.6) is 11.5 Å². The fourth-order valence-electron chi connectivity index (χ4n) is 6.62. The van der Waals surface area contributed by atoms with Crippen molar-refractivity contribution in [2.75, 3.05) is 7.11 Å². The van der Waals surface area contributed by atoms with E-state index in [9.17, 15) is 15.0 Å². The quantitative estimate of drug-likeness (QED) is 0.165. The first-order valence-corrected chi connectivity index (χ1v) is 16.4. The van der Waals surface area contributed by atoms with Gasteiger partial charge in [0, 0.05) is 17.5 Å². The van der Waals surface area contributed by atoms with Crippen LogP contribution in [0, 0.1) is 5.41 Å². The SMILES string of the molecule is COC(=O)c1ccc2nn(-c3cc(C(C)(C)CC(C)(C)C)cc(Cc4cc(C(C)(C)C)cc(-n5nc6ccccc6n5)c4O)c3O)nc2c1. The third-order valence-electron chi connectivity index (χ3n) is 8.86. The number of phenolic OH excluding ortho intramolecular Hbond substituents is 2. The number of carbonyl (C=O) groups is 1. The van der Waals surface area contributed by atoms with Crippen molar-refractivity contribution in [3.63, 3.8) is 0 Å². The number of hydrogen-bond acceptors (Lipinski definition) is 8. The van der Waals surface area contributed by atoms with Gasteiger partial charge < -0.3 is 14.9 Å². The molecule has 2 heterocycles. The van der Waals surface area contributed by atoms with Crippen LogP contribution < -0.4 is 0 Å². The lowest BCUT2D eigenvalue weighted by Gasteiger charge is -2.33. The molecular weight excluding hydrogens is 616 g/mol. The second-order valence-corrected chi connectivity index (χ2v) is 15.7. The first kappa shape index (κ1) is 33.6. The average Bonchev–Trinajstić information content (AvgIpc) is 3.64. The first-order valence-electron chi connectivity index (χ1n) is 16.4. The maximum atomic E-state index is 12.2. The summed E-state index contributed by atoms with van der Waals surface area (Å²) in [5, 5.41) is 42.4. The number of rotatable bonds is 7. The van der Waals surface area contributed by atoms with Gasteiger partial charge in [0.05, 0.1) is 12.7 Å². The molecule has 6 aromatic rings. The third kappa shape index (κ3) is 6.72. The molecule has 0 aliphatic heterocycles. The summed E-state index contributed by atoms with van der Waals surface area (Å²) in [5.74, 6) is -0.441. The van der Waals surface area contributed by atoms with E-state index in [1.54, 1.807) is 18.2 Å². The standard InChI is InChI=1S/C39H44N6O4/c1-37(2,3)22-39(7,8)27-18-25(35(47)33(21-27)45-42-30-15-14-23(36(48)49-9)19-31(30)43-45)16-24-17-26(38(4,5)6)20-32(34(24)46)44-40-28-12-10-11-13-29(28)41-44/h10-15,17-21,46-47H,16,22H2,1-9H3. The van der Waals surface area contributed by atoms with Gasteiger partial charge >= 0.3 is 5.97 Å². The fourth-order valence-corrected chi connectivity index (χ4v) is 6.62. The van der Waals surface area contributed by atoms with Gasteiger partial charge in [0.2, 0.25) is 0 Å². The van der Waals surface area contributed by atoms with E-state index < -0.39 is 5.97 Å². The van der Waals surface area contributed by atoms with Crippen molar-refractivity contribution < 1.29 is 19.7 Å². The van der Waals surface area contributed by atoms with Crippen LogP contribution in [0.3, 0.4) is 0 Å². The van der Waals surface area contributed by atoms with Crippen LogP contribution in [0.2, 0.25) is 0 Å². The molecular formula is C39H44N6O4. The molecule has 2 aromatic heterocycles. The number of aromatic nitrogens is 6. The highest BCUT2D eigenvalue weighted by atomic mass is 16.5. The third-order valence-corrected chi connectivity index (χ3v) is 8.86. The Bertz CT molecular complexity index is 2180. The zero-order chi connectivity index (χ0) is 35.5. The van der Waals surface area contributed by atoms with Gasteiger partial charge in [0.25, 0.3) is 0 Å². The van der Waals surface area contributed by atoms with Gasteiger partial charge in [-0.05, 0) is 76.3 Å². The maximum Gasteiger partial charge on any atom is 0.337 e. The minimum Gasteiger partial charge on any atom is -0.505 e. The molecule has 0 bridgehead atoms. The molecule has 0 unspecified atom stereocenters. The van der Waals surface area contributed by atoms with E-state index in [0.29, 0.717) is 39.1 Å². The number of fused-ring (bicyclic) bond motifs is 2. The van der Waals surface area contributed by atoms with Crippen molar-refractivity contribution in [1.82, 2.24) is 30.0 Å². The molecule has 10 heteroatoms. The molecule has 10 nitrogen and oxygen atoms in total. The predicted molar refractivity (Wildman–Crippen MR) is 191 cm³/mol. The summed E-state index contributed by atoms with van der Waals surface area (Å²) in [6.07, 6.45) is 1.09. The number of hydrogen-bond donors (Lipinski definition) is 2. The Morgan fingerprint density at radius 3 is 1.67 bits per heavy atom. The van der Waals surface area contributed by atoms with Crippen LogP contribution in [0.15, 0.2) is 66.7 Å². The number of esters is 1. The highest BCUT2D eigenvalue weighted by Crippen LogP contribution is 2.42. The molecule has 0 spiro atoms. The summed E-state index contributed by atoms with van der Waals surface area (Å²) in [7, 11) is 1.33. The zero-order valence-corrected chi connectivity index (χ0v) is 29.7. The summed E-state index contributed by atoms with van der Waals surface area (Å²) in [6, 6.07) is 20.4. The average molecular weight is 661 g/mol. The normalized spacial score (nSPS) is 12.6. The monoisotopic (exact) mass is 660 g/mol. The lowest BCUT2D eigenvalue weighted by Crippen LogP contribution is -2.25. The second-order valence-electron chi connectivity index (χ2n) is 15.7. The van der Waals surface area contributed by atoms with Crippen LogP contribution in [-0.4, -0.2) is 53.3 Å². The molecule has 0 aliphatic carbocycles. The molecule has 0 saturated heterocycles. The molecule has 0 amide bonds.